The molecule has 17 heavy (non-hydrogen) atoms. The van der Waals surface area contributed by atoms with Gasteiger partial charge in [0.2, 0.25) is 23.6 Å². The van der Waals surface area contributed by atoms with E-state index in [1.807, 2.05) is 0 Å². The number of piperidine rings is 1. The molecule has 92 valence electrons. The topological polar surface area (TPSA) is 83.6 Å². The Morgan fingerprint density at radius 1 is 0.941 bits per heavy atom. The van der Waals surface area contributed by atoms with Gasteiger partial charge in [-0.25, -0.2) is 0 Å². The van der Waals surface area contributed by atoms with Gasteiger partial charge in [-0.15, -0.1) is 0 Å². The van der Waals surface area contributed by atoms with Crippen LogP contribution in [0.5, 0.6) is 0 Å². The fourth-order valence-electron chi connectivity index (χ4n) is 2.21. The van der Waals surface area contributed by atoms with Crippen molar-refractivity contribution in [3.05, 3.63) is 0 Å². The van der Waals surface area contributed by atoms with Crippen molar-refractivity contribution >= 4 is 23.6 Å². The van der Waals surface area contributed by atoms with Crippen molar-refractivity contribution in [3.63, 3.8) is 0 Å². The Hall–Kier alpha value is -1.72. The van der Waals surface area contributed by atoms with Crippen LogP contribution in [0.25, 0.3) is 0 Å². The van der Waals surface area contributed by atoms with Crippen LogP contribution in [0.1, 0.15) is 38.5 Å². The van der Waals surface area contributed by atoms with Crippen LogP contribution >= 0.6 is 0 Å². The summed E-state index contributed by atoms with van der Waals surface area (Å²) < 4.78 is 0. The van der Waals surface area contributed by atoms with Crippen LogP contribution in [-0.4, -0.2) is 34.6 Å². The molecule has 1 atom stereocenters. The van der Waals surface area contributed by atoms with Gasteiger partial charge in [0, 0.05) is 19.3 Å². The van der Waals surface area contributed by atoms with Crippen LogP contribution in [0.2, 0.25) is 0 Å². The molecule has 2 fully saturated rings. The summed E-state index contributed by atoms with van der Waals surface area (Å²) in [4.78, 5) is 47.3. The predicted molar refractivity (Wildman–Crippen MR) is 56.5 cm³/mol. The van der Waals surface area contributed by atoms with Crippen LogP contribution in [0.15, 0.2) is 0 Å². The van der Waals surface area contributed by atoms with Crippen molar-refractivity contribution in [3.8, 4) is 0 Å². The van der Waals surface area contributed by atoms with E-state index in [1.54, 1.807) is 0 Å². The van der Waals surface area contributed by atoms with E-state index in [4.69, 9.17) is 0 Å². The molecular formula is C11H14N2O4. The molecule has 0 aliphatic carbocycles. The standard InChI is InChI=1S/C11H14N2O4/c14-8-6-5-7(11(17)12-8)13-9(15)3-1-2-4-10(13)16/h7H,1-6H2,(H,12,14,17). The molecule has 2 saturated heterocycles. The van der Waals surface area contributed by atoms with Crippen molar-refractivity contribution in [1.29, 1.82) is 0 Å². The van der Waals surface area contributed by atoms with Gasteiger partial charge in [-0.2, -0.15) is 0 Å². The fourth-order valence-corrected chi connectivity index (χ4v) is 2.21. The number of carbonyl (C=O) groups is 4. The summed E-state index contributed by atoms with van der Waals surface area (Å²) in [7, 11) is 0. The first-order valence-corrected chi connectivity index (χ1v) is 5.78. The van der Waals surface area contributed by atoms with Gasteiger partial charge in [-0.1, -0.05) is 0 Å². The third-order valence-corrected chi connectivity index (χ3v) is 3.09. The second kappa shape index (κ2) is 4.65. The highest BCUT2D eigenvalue weighted by molar-refractivity contribution is 6.06. The van der Waals surface area contributed by atoms with Crippen LogP contribution in [-0.2, 0) is 19.2 Å². The van der Waals surface area contributed by atoms with Gasteiger partial charge in [-0.05, 0) is 19.3 Å². The normalized spacial score (nSPS) is 26.8. The maximum atomic E-state index is 11.8. The molecule has 1 unspecified atom stereocenters. The maximum Gasteiger partial charge on any atom is 0.249 e. The number of nitrogens with one attached hydrogen (secondary N) is 1. The molecule has 0 saturated carbocycles. The first kappa shape index (κ1) is 11.8. The Kier molecular flexibility index (Phi) is 3.21. The lowest BCUT2D eigenvalue weighted by Gasteiger charge is -2.30. The highest BCUT2D eigenvalue weighted by atomic mass is 16.2. The number of imide groups is 2. The Bertz CT molecular complexity index is 373. The quantitative estimate of drug-likeness (QED) is 0.637. The summed E-state index contributed by atoms with van der Waals surface area (Å²) in [6.07, 6.45) is 2.35. The van der Waals surface area contributed by atoms with E-state index in [0.717, 1.165) is 4.90 Å². The monoisotopic (exact) mass is 238 g/mol. The number of likely N-dealkylation sites (tertiary alicyclic amines) is 1. The Morgan fingerprint density at radius 2 is 1.53 bits per heavy atom. The highest BCUT2D eigenvalue weighted by Gasteiger charge is 2.38. The molecule has 0 aromatic heterocycles. The first-order chi connectivity index (χ1) is 8.09. The molecule has 2 rings (SSSR count). The first-order valence-electron chi connectivity index (χ1n) is 5.78. The molecule has 0 aromatic carbocycles. The maximum absolute atomic E-state index is 11.8. The SMILES string of the molecule is O=C1CCC(N2C(=O)CCCCC2=O)C(=O)N1. The average molecular weight is 238 g/mol. The van der Waals surface area contributed by atoms with E-state index in [9.17, 15) is 19.2 Å². The lowest BCUT2D eigenvalue weighted by Crippen LogP contribution is -2.55. The average Bonchev–Trinajstić information content (AvgIpc) is 2.42. The molecule has 0 spiro atoms. The van der Waals surface area contributed by atoms with Crippen molar-refractivity contribution in [2.45, 2.75) is 44.6 Å². The minimum absolute atomic E-state index is 0.174. The summed E-state index contributed by atoms with van der Waals surface area (Å²) in [6, 6.07) is -0.800. The summed E-state index contributed by atoms with van der Waals surface area (Å²) in [5.41, 5.74) is 0. The molecule has 0 radical (unpaired) electrons. The van der Waals surface area contributed by atoms with Crippen LogP contribution in [0.4, 0.5) is 0 Å². The molecule has 2 aliphatic rings. The zero-order valence-corrected chi connectivity index (χ0v) is 9.40. The van der Waals surface area contributed by atoms with E-state index in [2.05, 4.69) is 5.32 Å². The number of hydrogen-bond acceptors (Lipinski definition) is 4. The molecule has 2 heterocycles. The van der Waals surface area contributed by atoms with E-state index < -0.39 is 11.9 Å². The van der Waals surface area contributed by atoms with Gasteiger partial charge in [0.1, 0.15) is 6.04 Å². The molecule has 1 N–H and O–H groups in total. The van der Waals surface area contributed by atoms with E-state index >= 15 is 0 Å². The van der Waals surface area contributed by atoms with Gasteiger partial charge in [0.25, 0.3) is 0 Å². The highest BCUT2D eigenvalue weighted by Crippen LogP contribution is 2.19. The minimum Gasteiger partial charge on any atom is -0.295 e. The lowest BCUT2D eigenvalue weighted by atomic mass is 10.0. The third kappa shape index (κ3) is 2.35. The fraction of sp³-hybridized carbons (Fsp3) is 0.636. The summed E-state index contributed by atoms with van der Waals surface area (Å²) in [5.74, 6) is -1.49. The van der Waals surface area contributed by atoms with Gasteiger partial charge < -0.3 is 0 Å². The number of carbonyl (C=O) groups excluding carboxylic acids is 4. The van der Waals surface area contributed by atoms with E-state index in [1.165, 1.54) is 0 Å². The second-order valence-corrected chi connectivity index (χ2v) is 4.33. The number of nitrogens with zero attached hydrogens (tertiary/aromatic N) is 1. The molecule has 6 nitrogen and oxygen atoms in total. The van der Waals surface area contributed by atoms with Gasteiger partial charge in [0.15, 0.2) is 0 Å². The molecule has 0 aromatic rings. The minimum atomic E-state index is -0.800. The lowest BCUT2D eigenvalue weighted by molar-refractivity contribution is -0.154. The molecule has 2 aliphatic heterocycles. The Balaban J connectivity index is 2.18. The van der Waals surface area contributed by atoms with E-state index in [-0.39, 0.29) is 30.6 Å². The molecule has 4 amide bonds. The molecule has 0 bridgehead atoms. The third-order valence-electron chi connectivity index (χ3n) is 3.09. The molecule has 6 heteroatoms. The smallest absolute Gasteiger partial charge is 0.249 e. The van der Waals surface area contributed by atoms with Crippen molar-refractivity contribution in [1.82, 2.24) is 10.2 Å². The zero-order chi connectivity index (χ0) is 12.4. The predicted octanol–water partition coefficient (Wildman–Crippen LogP) is -0.279. The molecular weight excluding hydrogens is 224 g/mol. The van der Waals surface area contributed by atoms with E-state index in [0.29, 0.717) is 25.7 Å². The second-order valence-electron chi connectivity index (χ2n) is 4.33. The summed E-state index contributed by atoms with van der Waals surface area (Å²) in [5, 5.41) is 2.16. The van der Waals surface area contributed by atoms with Crippen LogP contribution in [0, 0.1) is 0 Å². The van der Waals surface area contributed by atoms with Gasteiger partial charge in [0.05, 0.1) is 0 Å². The Morgan fingerprint density at radius 3 is 2.06 bits per heavy atom. The largest absolute Gasteiger partial charge is 0.295 e. The summed E-state index contributed by atoms with van der Waals surface area (Å²) in [6.45, 7) is 0. The van der Waals surface area contributed by atoms with Crippen LogP contribution < -0.4 is 5.32 Å². The Labute approximate surface area is 98.3 Å². The van der Waals surface area contributed by atoms with Crippen LogP contribution in [0.3, 0.4) is 0 Å². The zero-order valence-electron chi connectivity index (χ0n) is 9.40. The van der Waals surface area contributed by atoms with Gasteiger partial charge in [-0.3, -0.25) is 29.4 Å². The van der Waals surface area contributed by atoms with Crippen molar-refractivity contribution in [2.24, 2.45) is 0 Å². The van der Waals surface area contributed by atoms with Gasteiger partial charge >= 0.3 is 0 Å². The number of hydrogen-bond donors (Lipinski definition) is 1. The number of rotatable bonds is 1. The van der Waals surface area contributed by atoms with Crippen molar-refractivity contribution < 1.29 is 19.2 Å². The summed E-state index contributed by atoms with van der Waals surface area (Å²) >= 11 is 0. The number of amides is 4. The van der Waals surface area contributed by atoms with Crippen molar-refractivity contribution in [2.75, 3.05) is 0 Å².